The minimum Gasteiger partial charge on any atom is -0.353 e. The molecule has 0 heterocycles. The van der Waals surface area contributed by atoms with Crippen molar-refractivity contribution in [3.05, 3.63) is 0 Å². The lowest BCUT2D eigenvalue weighted by atomic mass is 9.95. The van der Waals surface area contributed by atoms with Gasteiger partial charge in [-0.2, -0.15) is 0 Å². The highest BCUT2D eigenvalue weighted by atomic mass is 15.3. The Morgan fingerprint density at radius 1 is 1.25 bits per heavy atom. The second-order valence-corrected chi connectivity index (χ2v) is 5.85. The molecule has 0 aromatic carbocycles. The first-order valence-electron chi connectivity index (χ1n) is 6.29. The maximum Gasteiger partial charge on any atom is 0.205 e. The Morgan fingerprint density at radius 2 is 1.88 bits per heavy atom. The van der Waals surface area contributed by atoms with Crippen molar-refractivity contribution in [3.63, 3.8) is 0 Å². The molecule has 0 aromatic heterocycles. The van der Waals surface area contributed by atoms with Gasteiger partial charge in [0.15, 0.2) is 0 Å². The van der Waals surface area contributed by atoms with Crippen molar-refractivity contribution in [2.75, 3.05) is 6.54 Å². The van der Waals surface area contributed by atoms with Gasteiger partial charge in [0.2, 0.25) is 5.96 Å². The lowest BCUT2D eigenvalue weighted by molar-refractivity contribution is 0.404. The van der Waals surface area contributed by atoms with Crippen molar-refractivity contribution < 1.29 is 0 Å². The third-order valence-corrected chi connectivity index (χ3v) is 2.79. The van der Waals surface area contributed by atoms with E-state index >= 15 is 0 Å². The molecule has 16 heavy (non-hydrogen) atoms. The highest BCUT2D eigenvalue weighted by Crippen LogP contribution is 2.17. The number of nitrogens with zero attached hydrogens (tertiary/aromatic N) is 1. The summed E-state index contributed by atoms with van der Waals surface area (Å²) in [5, 5.41) is 3.39. The van der Waals surface area contributed by atoms with Gasteiger partial charge in [-0.05, 0) is 18.3 Å². The Morgan fingerprint density at radius 3 is 2.38 bits per heavy atom. The molecule has 0 aliphatic heterocycles. The average molecular weight is 226 g/mol. The molecule has 0 bridgehead atoms. The molecule has 0 atom stereocenters. The van der Waals surface area contributed by atoms with Gasteiger partial charge in [-0.15, -0.1) is 0 Å². The highest BCUT2D eigenvalue weighted by Gasteiger charge is 2.15. The molecule has 94 valence electrons. The minimum absolute atomic E-state index is 0.205. The van der Waals surface area contributed by atoms with E-state index in [1.54, 1.807) is 0 Å². The van der Waals surface area contributed by atoms with Crippen LogP contribution in [0.15, 0.2) is 4.99 Å². The van der Waals surface area contributed by atoms with E-state index in [1.165, 1.54) is 32.1 Å². The maximum absolute atomic E-state index is 5.48. The van der Waals surface area contributed by atoms with Gasteiger partial charge < -0.3 is 5.32 Å². The third-order valence-electron chi connectivity index (χ3n) is 2.79. The van der Waals surface area contributed by atoms with Gasteiger partial charge in [-0.1, -0.05) is 40.0 Å². The number of aliphatic imine (C=N–C) groups is 1. The smallest absolute Gasteiger partial charge is 0.205 e. The Bertz CT molecular complexity index is 224. The molecule has 1 saturated carbocycles. The van der Waals surface area contributed by atoms with Crippen molar-refractivity contribution >= 4 is 5.96 Å². The SMILES string of the molecule is CC(C)(C)CN=C(NN)NC1CCCCC1. The van der Waals surface area contributed by atoms with Crippen molar-refractivity contribution in [1.29, 1.82) is 0 Å². The van der Waals surface area contributed by atoms with Crippen LogP contribution in [0, 0.1) is 5.41 Å². The quantitative estimate of drug-likeness (QED) is 0.291. The second kappa shape index (κ2) is 6.09. The van der Waals surface area contributed by atoms with E-state index in [9.17, 15) is 0 Å². The average Bonchev–Trinajstić information content (AvgIpc) is 2.24. The molecule has 0 radical (unpaired) electrons. The maximum atomic E-state index is 5.48. The van der Waals surface area contributed by atoms with Crippen LogP contribution in [0.5, 0.6) is 0 Å². The predicted molar refractivity (Wildman–Crippen MR) is 69.1 cm³/mol. The standard InChI is InChI=1S/C12H26N4/c1-12(2,3)9-14-11(16-13)15-10-7-5-4-6-8-10/h10H,4-9,13H2,1-3H3,(H2,14,15,16). The number of nitrogens with one attached hydrogen (secondary N) is 2. The van der Waals surface area contributed by atoms with Crippen LogP contribution in [0.1, 0.15) is 52.9 Å². The second-order valence-electron chi connectivity index (χ2n) is 5.85. The predicted octanol–water partition coefficient (Wildman–Crippen LogP) is 1.77. The third kappa shape index (κ3) is 5.35. The summed E-state index contributed by atoms with van der Waals surface area (Å²) in [5.41, 5.74) is 2.87. The van der Waals surface area contributed by atoms with E-state index in [4.69, 9.17) is 5.84 Å². The molecule has 1 fully saturated rings. The molecule has 0 unspecified atom stereocenters. The summed E-state index contributed by atoms with van der Waals surface area (Å²) in [7, 11) is 0. The number of rotatable bonds is 2. The number of hydrogen-bond donors (Lipinski definition) is 3. The van der Waals surface area contributed by atoms with E-state index in [0.29, 0.717) is 6.04 Å². The molecule has 4 N–H and O–H groups in total. The van der Waals surface area contributed by atoms with Crippen LogP contribution in [0.3, 0.4) is 0 Å². The van der Waals surface area contributed by atoms with Crippen molar-refractivity contribution in [2.45, 2.75) is 58.9 Å². The van der Waals surface area contributed by atoms with Gasteiger partial charge >= 0.3 is 0 Å². The fourth-order valence-corrected chi connectivity index (χ4v) is 1.89. The Kier molecular flexibility index (Phi) is 5.06. The molecule has 1 aliphatic carbocycles. The van der Waals surface area contributed by atoms with Crippen LogP contribution in [-0.4, -0.2) is 18.5 Å². The molecule has 0 aromatic rings. The van der Waals surface area contributed by atoms with Gasteiger partial charge in [0.25, 0.3) is 0 Å². The van der Waals surface area contributed by atoms with Crippen molar-refractivity contribution in [2.24, 2.45) is 16.3 Å². The topological polar surface area (TPSA) is 62.4 Å². The van der Waals surface area contributed by atoms with Gasteiger partial charge in [0.05, 0.1) is 0 Å². The van der Waals surface area contributed by atoms with Gasteiger partial charge in [0, 0.05) is 12.6 Å². The molecule has 0 amide bonds. The Labute approximate surface area is 99.1 Å². The fraction of sp³-hybridized carbons (Fsp3) is 0.917. The summed E-state index contributed by atoms with van der Waals surface area (Å²) < 4.78 is 0. The summed E-state index contributed by atoms with van der Waals surface area (Å²) in [6.07, 6.45) is 6.46. The molecule has 0 spiro atoms. The fourth-order valence-electron chi connectivity index (χ4n) is 1.89. The van der Waals surface area contributed by atoms with Crippen LogP contribution in [0.2, 0.25) is 0 Å². The first kappa shape index (κ1) is 13.3. The van der Waals surface area contributed by atoms with Gasteiger partial charge in [-0.3, -0.25) is 10.4 Å². The first-order valence-corrected chi connectivity index (χ1v) is 6.29. The summed E-state index contributed by atoms with van der Waals surface area (Å²) in [6.45, 7) is 7.30. The normalized spacial score (nSPS) is 19.6. The molecule has 0 saturated heterocycles. The summed E-state index contributed by atoms with van der Waals surface area (Å²) in [4.78, 5) is 4.48. The lowest BCUT2D eigenvalue weighted by Crippen LogP contribution is -2.47. The van der Waals surface area contributed by atoms with Crippen LogP contribution in [0.25, 0.3) is 0 Å². The summed E-state index contributed by atoms with van der Waals surface area (Å²) in [6, 6.07) is 0.545. The zero-order valence-electron chi connectivity index (χ0n) is 10.8. The van der Waals surface area contributed by atoms with E-state index in [0.717, 1.165) is 12.5 Å². The summed E-state index contributed by atoms with van der Waals surface area (Å²) in [5.74, 6) is 6.21. The molecule has 1 rings (SSSR count). The Hall–Kier alpha value is -0.770. The zero-order chi connectivity index (χ0) is 12.0. The van der Waals surface area contributed by atoms with Crippen molar-refractivity contribution in [1.82, 2.24) is 10.7 Å². The number of nitrogens with two attached hydrogens (primary N) is 1. The van der Waals surface area contributed by atoms with Crippen LogP contribution in [0.4, 0.5) is 0 Å². The number of hydrogen-bond acceptors (Lipinski definition) is 2. The monoisotopic (exact) mass is 226 g/mol. The number of hydrazine groups is 1. The Balaban J connectivity index is 2.40. The van der Waals surface area contributed by atoms with Crippen molar-refractivity contribution in [3.8, 4) is 0 Å². The van der Waals surface area contributed by atoms with E-state index < -0.39 is 0 Å². The largest absolute Gasteiger partial charge is 0.353 e. The van der Waals surface area contributed by atoms with E-state index in [1.807, 2.05) is 0 Å². The van der Waals surface area contributed by atoms with Crippen LogP contribution < -0.4 is 16.6 Å². The molecule has 4 heteroatoms. The van der Waals surface area contributed by atoms with E-state index in [2.05, 4.69) is 36.5 Å². The van der Waals surface area contributed by atoms with E-state index in [-0.39, 0.29) is 5.41 Å². The first-order chi connectivity index (χ1) is 7.51. The van der Waals surface area contributed by atoms with Gasteiger partial charge in [0.1, 0.15) is 0 Å². The highest BCUT2D eigenvalue weighted by molar-refractivity contribution is 5.79. The lowest BCUT2D eigenvalue weighted by Gasteiger charge is -2.25. The molecular formula is C12H26N4. The van der Waals surface area contributed by atoms with Gasteiger partial charge in [-0.25, -0.2) is 5.84 Å². The van der Waals surface area contributed by atoms with Crippen LogP contribution >= 0.6 is 0 Å². The molecule has 1 aliphatic rings. The zero-order valence-corrected chi connectivity index (χ0v) is 10.8. The summed E-state index contributed by atoms with van der Waals surface area (Å²) >= 11 is 0. The molecular weight excluding hydrogens is 200 g/mol. The number of guanidine groups is 1. The minimum atomic E-state index is 0.205. The molecule has 4 nitrogen and oxygen atoms in total. The van der Waals surface area contributed by atoms with Crippen LogP contribution in [-0.2, 0) is 0 Å².